The number of rotatable bonds is 8. The van der Waals surface area contributed by atoms with Crippen LogP contribution in [0.25, 0.3) is 0 Å². The number of thiazole rings is 1. The van der Waals surface area contributed by atoms with Gasteiger partial charge in [0, 0.05) is 31.3 Å². The van der Waals surface area contributed by atoms with E-state index < -0.39 is 0 Å². The van der Waals surface area contributed by atoms with Crippen LogP contribution in [0.1, 0.15) is 50.9 Å². The Morgan fingerprint density at radius 3 is 2.57 bits per heavy atom. The molecule has 0 atom stereocenters. The Morgan fingerprint density at radius 2 is 1.96 bits per heavy atom. The van der Waals surface area contributed by atoms with Crippen molar-refractivity contribution in [2.24, 2.45) is 5.92 Å². The first kappa shape index (κ1) is 18.3. The minimum absolute atomic E-state index is 0.335. The summed E-state index contributed by atoms with van der Waals surface area (Å²) in [6.45, 7) is 8.83. The summed E-state index contributed by atoms with van der Waals surface area (Å²) in [6.07, 6.45) is 2.29. The van der Waals surface area contributed by atoms with Gasteiger partial charge in [0.15, 0.2) is 5.16 Å². The van der Waals surface area contributed by atoms with Crippen LogP contribution in [-0.4, -0.2) is 33.8 Å². The first-order valence-corrected chi connectivity index (χ1v) is 9.93. The van der Waals surface area contributed by atoms with Gasteiger partial charge in [-0.3, -0.25) is 4.57 Å². The molecule has 2 aromatic heterocycles. The Bertz CT molecular complexity index is 616. The molecule has 5 nitrogen and oxygen atoms in total. The monoisotopic (exact) mass is 353 g/mol. The van der Waals surface area contributed by atoms with Crippen LogP contribution in [-0.2, 0) is 12.2 Å². The van der Waals surface area contributed by atoms with Gasteiger partial charge in [0.1, 0.15) is 0 Å². The van der Waals surface area contributed by atoms with E-state index in [2.05, 4.69) is 47.8 Å². The van der Waals surface area contributed by atoms with Crippen LogP contribution in [0.5, 0.6) is 0 Å². The van der Waals surface area contributed by atoms with Crippen molar-refractivity contribution in [3.63, 3.8) is 0 Å². The molecule has 0 unspecified atom stereocenters. The highest BCUT2D eigenvalue weighted by Gasteiger charge is 2.17. The van der Waals surface area contributed by atoms with E-state index in [0.29, 0.717) is 6.04 Å². The zero-order chi connectivity index (χ0) is 17.0. The van der Waals surface area contributed by atoms with Gasteiger partial charge in [-0.2, -0.15) is 0 Å². The van der Waals surface area contributed by atoms with Gasteiger partial charge in [-0.05, 0) is 32.6 Å². The summed E-state index contributed by atoms with van der Waals surface area (Å²) in [6, 6.07) is 0.335. The Morgan fingerprint density at radius 1 is 1.22 bits per heavy atom. The summed E-state index contributed by atoms with van der Waals surface area (Å²) >= 11 is 3.48. The minimum atomic E-state index is 0.335. The van der Waals surface area contributed by atoms with Gasteiger partial charge in [-0.15, -0.1) is 21.5 Å². The minimum Gasteiger partial charge on any atom is -0.347 e. The average molecular weight is 354 g/mol. The highest BCUT2D eigenvalue weighted by atomic mass is 32.2. The number of aryl methyl sites for hydroxylation is 1. The fourth-order valence-corrected chi connectivity index (χ4v) is 4.08. The predicted octanol–water partition coefficient (Wildman–Crippen LogP) is 4.26. The van der Waals surface area contributed by atoms with Crippen molar-refractivity contribution in [2.75, 3.05) is 19.0 Å². The molecule has 0 aromatic carbocycles. The van der Waals surface area contributed by atoms with Crippen LogP contribution in [0.3, 0.4) is 0 Å². The maximum atomic E-state index is 4.74. The summed E-state index contributed by atoms with van der Waals surface area (Å²) in [5.74, 6) is 2.47. The van der Waals surface area contributed by atoms with Gasteiger partial charge in [0.2, 0.25) is 5.95 Å². The van der Waals surface area contributed by atoms with Crippen molar-refractivity contribution in [1.29, 1.82) is 0 Å². The highest BCUT2D eigenvalue weighted by molar-refractivity contribution is 7.98. The van der Waals surface area contributed by atoms with Crippen molar-refractivity contribution in [3.05, 3.63) is 16.1 Å². The quantitative estimate of drug-likeness (QED) is 0.664. The molecule has 7 heteroatoms. The second kappa shape index (κ2) is 8.15. The third-order valence-electron chi connectivity index (χ3n) is 3.45. The maximum Gasteiger partial charge on any atom is 0.227 e. The lowest BCUT2D eigenvalue weighted by atomic mass is 10.1. The van der Waals surface area contributed by atoms with Gasteiger partial charge in [0.05, 0.1) is 10.7 Å². The molecular weight excluding hydrogens is 326 g/mol. The van der Waals surface area contributed by atoms with E-state index in [9.17, 15) is 0 Å². The first-order valence-electron chi connectivity index (χ1n) is 8.06. The molecule has 0 saturated carbocycles. The Balaban J connectivity index is 2.01. The molecule has 0 bridgehead atoms. The smallest absolute Gasteiger partial charge is 0.227 e. The summed E-state index contributed by atoms with van der Waals surface area (Å²) in [4.78, 5) is 6.75. The Hall–Kier alpha value is -1.08. The first-order chi connectivity index (χ1) is 10.9. The lowest BCUT2D eigenvalue weighted by molar-refractivity contribution is 0.549. The third kappa shape index (κ3) is 4.94. The molecule has 0 saturated heterocycles. The zero-order valence-corrected chi connectivity index (χ0v) is 16.5. The van der Waals surface area contributed by atoms with E-state index in [1.807, 2.05) is 19.0 Å². The van der Waals surface area contributed by atoms with Gasteiger partial charge >= 0.3 is 0 Å². The maximum absolute atomic E-state index is 4.74. The molecule has 0 amide bonds. The fourth-order valence-electron chi connectivity index (χ4n) is 2.21. The number of aromatic nitrogens is 4. The topological polar surface area (TPSA) is 46.8 Å². The van der Waals surface area contributed by atoms with Crippen molar-refractivity contribution < 1.29 is 0 Å². The molecule has 2 rings (SSSR count). The fraction of sp³-hybridized carbons (Fsp3) is 0.688. The molecular formula is C16H27N5S2. The van der Waals surface area contributed by atoms with Crippen molar-refractivity contribution in [2.45, 2.75) is 57.5 Å². The van der Waals surface area contributed by atoms with Crippen molar-refractivity contribution in [3.8, 4) is 0 Å². The number of hydrogen-bond donors (Lipinski definition) is 0. The molecule has 23 heavy (non-hydrogen) atoms. The van der Waals surface area contributed by atoms with E-state index in [1.165, 1.54) is 11.4 Å². The summed E-state index contributed by atoms with van der Waals surface area (Å²) < 4.78 is 2.18. The van der Waals surface area contributed by atoms with Gasteiger partial charge in [-0.1, -0.05) is 25.6 Å². The SMILES string of the molecule is CC(C)CCc1nc(CSc2nnc(N(C)C)n2C(C)C)cs1. The number of hydrogen-bond acceptors (Lipinski definition) is 6. The Labute approximate surface area is 147 Å². The molecule has 0 radical (unpaired) electrons. The van der Waals surface area contributed by atoms with Crippen molar-refractivity contribution in [1.82, 2.24) is 19.7 Å². The van der Waals surface area contributed by atoms with E-state index in [4.69, 9.17) is 4.98 Å². The van der Waals surface area contributed by atoms with Crippen LogP contribution in [0.4, 0.5) is 5.95 Å². The van der Waals surface area contributed by atoms with E-state index in [1.54, 1.807) is 23.1 Å². The molecule has 0 aliphatic rings. The normalized spacial score (nSPS) is 11.7. The summed E-state index contributed by atoms with van der Waals surface area (Å²) in [5, 5.41) is 13.0. The molecule has 0 fully saturated rings. The lowest BCUT2D eigenvalue weighted by Crippen LogP contribution is -2.17. The molecule has 128 valence electrons. The number of nitrogens with zero attached hydrogens (tertiary/aromatic N) is 5. The van der Waals surface area contributed by atoms with Crippen molar-refractivity contribution >= 4 is 29.0 Å². The number of anilines is 1. The van der Waals surface area contributed by atoms with Gasteiger partial charge in [0.25, 0.3) is 0 Å². The van der Waals surface area contributed by atoms with E-state index in [0.717, 1.165) is 34.9 Å². The largest absolute Gasteiger partial charge is 0.347 e. The van der Waals surface area contributed by atoms with Crippen LogP contribution in [0, 0.1) is 5.92 Å². The predicted molar refractivity (Wildman–Crippen MR) is 99.6 cm³/mol. The molecule has 2 aromatic rings. The van der Waals surface area contributed by atoms with Crippen LogP contribution < -0.4 is 4.90 Å². The third-order valence-corrected chi connectivity index (χ3v) is 5.38. The standard InChI is InChI=1S/C16H27N5S2/c1-11(2)7-8-14-17-13(9-22-14)10-23-16-19-18-15(20(5)6)21(16)12(3)4/h9,11-12H,7-8,10H2,1-6H3. The molecule has 0 aliphatic carbocycles. The lowest BCUT2D eigenvalue weighted by Gasteiger charge is -2.17. The second-order valence-electron chi connectivity index (χ2n) is 6.59. The van der Waals surface area contributed by atoms with E-state index >= 15 is 0 Å². The molecule has 0 spiro atoms. The van der Waals surface area contributed by atoms with Crippen LogP contribution >= 0.6 is 23.1 Å². The molecule has 0 N–H and O–H groups in total. The van der Waals surface area contributed by atoms with Crippen LogP contribution in [0.15, 0.2) is 10.5 Å². The highest BCUT2D eigenvalue weighted by Crippen LogP contribution is 2.28. The van der Waals surface area contributed by atoms with E-state index in [-0.39, 0.29) is 0 Å². The summed E-state index contributed by atoms with van der Waals surface area (Å²) in [7, 11) is 4.00. The summed E-state index contributed by atoms with van der Waals surface area (Å²) in [5.41, 5.74) is 1.14. The average Bonchev–Trinajstić information content (AvgIpc) is 3.09. The second-order valence-corrected chi connectivity index (χ2v) is 8.48. The Kier molecular flexibility index (Phi) is 6.47. The number of thioether (sulfide) groups is 1. The van der Waals surface area contributed by atoms with Gasteiger partial charge in [-0.25, -0.2) is 4.98 Å². The zero-order valence-electron chi connectivity index (χ0n) is 14.9. The van der Waals surface area contributed by atoms with Crippen LogP contribution in [0.2, 0.25) is 0 Å². The molecule has 2 heterocycles. The molecule has 0 aliphatic heterocycles. The van der Waals surface area contributed by atoms with Gasteiger partial charge < -0.3 is 4.90 Å².